The Kier molecular flexibility index (Phi) is 2.15. The highest BCUT2D eigenvalue weighted by atomic mass is 15.4. The molecular formula is C14H16N4. The molecule has 1 aromatic heterocycles. The molecule has 1 aromatic carbocycles. The summed E-state index contributed by atoms with van der Waals surface area (Å²) in [6.45, 7) is 1.02. The van der Waals surface area contributed by atoms with Gasteiger partial charge in [0.25, 0.3) is 0 Å². The van der Waals surface area contributed by atoms with Crippen molar-refractivity contribution in [3.8, 4) is 11.4 Å². The van der Waals surface area contributed by atoms with E-state index in [2.05, 4.69) is 27.1 Å². The van der Waals surface area contributed by atoms with Gasteiger partial charge in [0, 0.05) is 12.1 Å². The monoisotopic (exact) mass is 240 g/mol. The molecule has 92 valence electrons. The van der Waals surface area contributed by atoms with Crippen molar-refractivity contribution in [3.63, 3.8) is 0 Å². The highest BCUT2D eigenvalue weighted by Gasteiger charge is 2.36. The Hall–Kier alpha value is -1.84. The van der Waals surface area contributed by atoms with Crippen LogP contribution in [0.2, 0.25) is 0 Å². The fraction of sp³-hybridized carbons (Fsp3) is 0.429. The molecule has 1 fully saturated rings. The molecule has 1 atom stereocenters. The van der Waals surface area contributed by atoms with Crippen molar-refractivity contribution in [3.05, 3.63) is 30.3 Å². The second kappa shape index (κ2) is 3.83. The van der Waals surface area contributed by atoms with Crippen LogP contribution in [0.15, 0.2) is 30.3 Å². The van der Waals surface area contributed by atoms with E-state index in [1.807, 2.05) is 18.2 Å². The third-order valence-electron chi connectivity index (χ3n) is 3.87. The van der Waals surface area contributed by atoms with E-state index in [4.69, 9.17) is 5.10 Å². The maximum atomic E-state index is 4.71. The van der Waals surface area contributed by atoms with Gasteiger partial charge in [-0.1, -0.05) is 30.3 Å². The van der Waals surface area contributed by atoms with E-state index in [-0.39, 0.29) is 0 Å². The zero-order chi connectivity index (χ0) is 11.9. The Balaban J connectivity index is 1.75. The number of rotatable bonds is 2. The standard InChI is InChI=1S/C14H16N4/c1-2-4-11(5-3-1)13-16-14-15-9-8-12(10-6-7-10)18(14)17-13/h1-5,10,12H,6-9H2,(H,15,16,17). The van der Waals surface area contributed by atoms with Gasteiger partial charge in [-0.2, -0.15) is 4.98 Å². The van der Waals surface area contributed by atoms with Gasteiger partial charge < -0.3 is 5.32 Å². The van der Waals surface area contributed by atoms with Crippen LogP contribution in [-0.2, 0) is 0 Å². The minimum atomic E-state index is 0.561. The lowest BCUT2D eigenvalue weighted by atomic mass is 10.1. The fourth-order valence-electron chi connectivity index (χ4n) is 2.76. The summed E-state index contributed by atoms with van der Waals surface area (Å²) in [7, 11) is 0. The molecule has 2 heterocycles. The molecular weight excluding hydrogens is 224 g/mol. The largest absolute Gasteiger partial charge is 0.354 e. The van der Waals surface area contributed by atoms with E-state index in [0.717, 1.165) is 29.8 Å². The predicted octanol–water partition coefficient (Wildman–Crippen LogP) is 2.71. The van der Waals surface area contributed by atoms with Crippen LogP contribution in [0.25, 0.3) is 11.4 Å². The molecule has 18 heavy (non-hydrogen) atoms. The van der Waals surface area contributed by atoms with E-state index in [1.165, 1.54) is 19.3 Å². The number of nitrogens with one attached hydrogen (secondary N) is 1. The summed E-state index contributed by atoms with van der Waals surface area (Å²) in [5.74, 6) is 2.61. The van der Waals surface area contributed by atoms with Gasteiger partial charge in [-0.05, 0) is 25.2 Å². The molecule has 4 heteroatoms. The Morgan fingerprint density at radius 3 is 2.72 bits per heavy atom. The minimum absolute atomic E-state index is 0.561. The first-order chi connectivity index (χ1) is 8.92. The summed E-state index contributed by atoms with van der Waals surface area (Å²) in [5.41, 5.74) is 1.09. The Morgan fingerprint density at radius 2 is 1.94 bits per heavy atom. The van der Waals surface area contributed by atoms with Crippen LogP contribution in [0.1, 0.15) is 25.3 Å². The van der Waals surface area contributed by atoms with Crippen molar-refractivity contribution < 1.29 is 0 Å². The topological polar surface area (TPSA) is 42.7 Å². The maximum absolute atomic E-state index is 4.71. The average molecular weight is 240 g/mol. The van der Waals surface area contributed by atoms with Gasteiger partial charge in [-0.3, -0.25) is 0 Å². The number of hydrogen-bond acceptors (Lipinski definition) is 3. The lowest BCUT2D eigenvalue weighted by Gasteiger charge is -2.23. The predicted molar refractivity (Wildman–Crippen MR) is 70.3 cm³/mol. The molecule has 2 aliphatic rings. The molecule has 2 aromatic rings. The molecule has 1 saturated carbocycles. The Labute approximate surface area is 106 Å². The lowest BCUT2D eigenvalue weighted by molar-refractivity contribution is 0.375. The molecule has 1 N–H and O–H groups in total. The summed E-state index contributed by atoms with van der Waals surface area (Å²) in [6.07, 6.45) is 3.88. The molecule has 0 bridgehead atoms. The summed E-state index contributed by atoms with van der Waals surface area (Å²) in [4.78, 5) is 4.62. The second-order valence-corrected chi connectivity index (χ2v) is 5.19. The lowest BCUT2D eigenvalue weighted by Crippen LogP contribution is -2.25. The molecule has 0 saturated heterocycles. The Morgan fingerprint density at radius 1 is 1.11 bits per heavy atom. The number of anilines is 1. The van der Waals surface area contributed by atoms with E-state index in [9.17, 15) is 0 Å². The summed E-state index contributed by atoms with van der Waals surface area (Å²) in [6, 6.07) is 10.8. The molecule has 0 amide bonds. The van der Waals surface area contributed by atoms with Gasteiger partial charge in [-0.25, -0.2) is 4.68 Å². The van der Waals surface area contributed by atoms with E-state index in [0.29, 0.717) is 6.04 Å². The van der Waals surface area contributed by atoms with Crippen LogP contribution >= 0.6 is 0 Å². The highest BCUT2D eigenvalue weighted by molar-refractivity contribution is 5.56. The SMILES string of the molecule is c1ccc(-c2nc3n(n2)C(C2CC2)CCN3)cc1. The molecule has 1 aliphatic heterocycles. The first kappa shape index (κ1) is 10.1. The third kappa shape index (κ3) is 1.60. The van der Waals surface area contributed by atoms with Crippen molar-refractivity contribution in [2.45, 2.75) is 25.3 Å². The summed E-state index contributed by atoms with van der Waals surface area (Å²) in [5, 5.41) is 8.06. The van der Waals surface area contributed by atoms with Gasteiger partial charge >= 0.3 is 0 Å². The van der Waals surface area contributed by atoms with Crippen molar-refractivity contribution >= 4 is 5.95 Å². The summed E-state index contributed by atoms with van der Waals surface area (Å²) >= 11 is 0. The van der Waals surface area contributed by atoms with Crippen molar-refractivity contribution in [2.24, 2.45) is 5.92 Å². The first-order valence-electron chi connectivity index (χ1n) is 6.67. The summed E-state index contributed by atoms with van der Waals surface area (Å²) < 4.78 is 2.11. The maximum Gasteiger partial charge on any atom is 0.221 e. The van der Waals surface area contributed by atoms with Gasteiger partial charge in [0.2, 0.25) is 5.95 Å². The number of benzene rings is 1. The average Bonchev–Trinajstić information content (AvgIpc) is 3.17. The molecule has 4 rings (SSSR count). The fourth-order valence-corrected chi connectivity index (χ4v) is 2.76. The zero-order valence-corrected chi connectivity index (χ0v) is 10.2. The molecule has 4 nitrogen and oxygen atoms in total. The smallest absolute Gasteiger partial charge is 0.221 e. The van der Waals surface area contributed by atoms with Crippen LogP contribution in [0.3, 0.4) is 0 Å². The van der Waals surface area contributed by atoms with Crippen molar-refractivity contribution in [2.75, 3.05) is 11.9 Å². The van der Waals surface area contributed by atoms with Gasteiger partial charge in [0.05, 0.1) is 6.04 Å². The molecule has 1 aliphatic carbocycles. The molecule has 0 spiro atoms. The zero-order valence-electron chi connectivity index (χ0n) is 10.2. The van der Waals surface area contributed by atoms with Crippen LogP contribution in [0.5, 0.6) is 0 Å². The van der Waals surface area contributed by atoms with E-state index >= 15 is 0 Å². The third-order valence-corrected chi connectivity index (χ3v) is 3.87. The van der Waals surface area contributed by atoms with Gasteiger partial charge in [-0.15, -0.1) is 5.10 Å². The minimum Gasteiger partial charge on any atom is -0.354 e. The normalized spacial score (nSPS) is 22.3. The van der Waals surface area contributed by atoms with Gasteiger partial charge in [0.15, 0.2) is 5.82 Å². The molecule has 0 radical (unpaired) electrons. The highest BCUT2D eigenvalue weighted by Crippen LogP contribution is 2.43. The Bertz CT molecular complexity index is 556. The second-order valence-electron chi connectivity index (χ2n) is 5.19. The van der Waals surface area contributed by atoms with Crippen molar-refractivity contribution in [1.82, 2.24) is 14.8 Å². The number of fused-ring (bicyclic) bond motifs is 1. The quantitative estimate of drug-likeness (QED) is 0.877. The van der Waals surface area contributed by atoms with Gasteiger partial charge in [0.1, 0.15) is 0 Å². The van der Waals surface area contributed by atoms with Crippen LogP contribution in [0.4, 0.5) is 5.95 Å². The number of hydrogen-bond donors (Lipinski definition) is 1. The number of nitrogens with zero attached hydrogens (tertiary/aromatic N) is 3. The number of aromatic nitrogens is 3. The van der Waals surface area contributed by atoms with Crippen LogP contribution < -0.4 is 5.32 Å². The van der Waals surface area contributed by atoms with Crippen LogP contribution in [0, 0.1) is 5.92 Å². The first-order valence-corrected chi connectivity index (χ1v) is 6.67. The van der Waals surface area contributed by atoms with E-state index in [1.54, 1.807) is 0 Å². The van der Waals surface area contributed by atoms with E-state index < -0.39 is 0 Å². The van der Waals surface area contributed by atoms with Crippen LogP contribution in [-0.4, -0.2) is 21.3 Å². The van der Waals surface area contributed by atoms with Crippen molar-refractivity contribution in [1.29, 1.82) is 0 Å². The molecule has 1 unspecified atom stereocenters.